The number of ketones is 1. The summed E-state index contributed by atoms with van der Waals surface area (Å²) in [5.74, 6) is -0.0368. The number of carbonyl (C=O) groups is 1. The average molecular weight is 423 g/mol. The number of rotatable bonds is 2. The van der Waals surface area contributed by atoms with Gasteiger partial charge in [0.25, 0.3) is 0 Å². The summed E-state index contributed by atoms with van der Waals surface area (Å²) in [6.45, 7) is 0.162. The molecule has 0 atom stereocenters. The summed E-state index contributed by atoms with van der Waals surface area (Å²) in [5.41, 5.74) is 11.5. The van der Waals surface area contributed by atoms with Gasteiger partial charge in [0.2, 0.25) is 0 Å². The molecule has 33 heavy (non-hydrogen) atoms. The topological polar surface area (TPSA) is 29.4 Å². The van der Waals surface area contributed by atoms with Crippen molar-refractivity contribution in [3.63, 3.8) is 0 Å². The molecule has 1 radical (unpaired) electrons. The number of Topliss-reactive ketones (excluding diaryl/α,β-unsaturated/α-hetero) is 1. The molecule has 2 aliphatic carbocycles. The lowest BCUT2D eigenvalue weighted by Crippen LogP contribution is -2.23. The lowest BCUT2D eigenvalue weighted by atomic mass is 9.77. The Morgan fingerprint density at radius 1 is 0.576 bits per heavy atom. The van der Waals surface area contributed by atoms with Crippen molar-refractivity contribution in [2.75, 3.05) is 6.54 Å². The molecule has 0 bridgehead atoms. The van der Waals surface area contributed by atoms with Crippen molar-refractivity contribution in [3.8, 4) is 22.3 Å². The number of nitrogens with zero attached hydrogens (tertiary/aromatic N) is 1. The van der Waals surface area contributed by atoms with Gasteiger partial charge in [0.1, 0.15) is 6.54 Å². The number of fused-ring (bicyclic) bond motifs is 6. The molecule has 2 heteroatoms. The zero-order valence-corrected chi connectivity index (χ0v) is 18.0. The number of carbonyl (C=O) groups excluding carboxylic acids is 1. The van der Waals surface area contributed by atoms with E-state index < -0.39 is 0 Å². The van der Waals surface area contributed by atoms with Gasteiger partial charge in [-0.3, -0.25) is 9.79 Å². The van der Waals surface area contributed by atoms with Crippen LogP contribution in [0.4, 0.5) is 0 Å². The van der Waals surface area contributed by atoms with Crippen LogP contribution in [-0.2, 0) is 4.79 Å². The van der Waals surface area contributed by atoms with Crippen molar-refractivity contribution in [1.82, 2.24) is 0 Å². The highest BCUT2D eigenvalue weighted by Crippen LogP contribution is 2.53. The molecule has 2 nitrogen and oxygen atoms in total. The highest BCUT2D eigenvalue weighted by molar-refractivity contribution is 6.10. The quantitative estimate of drug-likeness (QED) is 0.366. The summed E-state index contributed by atoms with van der Waals surface area (Å²) in [4.78, 5) is 18.0. The smallest absolute Gasteiger partial charge is 0.181 e. The molecule has 4 aromatic rings. The maximum Gasteiger partial charge on any atom is 0.181 e. The summed E-state index contributed by atoms with van der Waals surface area (Å²) in [6, 6.07) is 34.0. The summed E-state index contributed by atoms with van der Waals surface area (Å²) < 4.78 is 0. The van der Waals surface area contributed by atoms with E-state index in [1.165, 1.54) is 44.5 Å². The molecule has 7 rings (SSSR count). The van der Waals surface area contributed by atoms with E-state index in [1.807, 2.05) is 0 Å². The summed E-state index contributed by atoms with van der Waals surface area (Å²) in [5, 5.41) is 0. The second-order valence-corrected chi connectivity index (χ2v) is 8.89. The molecule has 0 saturated heterocycles. The third kappa shape index (κ3) is 2.55. The van der Waals surface area contributed by atoms with Crippen LogP contribution in [0.3, 0.4) is 0 Å². The first-order valence-electron chi connectivity index (χ1n) is 11.4. The van der Waals surface area contributed by atoms with Gasteiger partial charge in [0.15, 0.2) is 5.78 Å². The van der Waals surface area contributed by atoms with Gasteiger partial charge < -0.3 is 0 Å². The van der Waals surface area contributed by atoms with Crippen LogP contribution in [0.15, 0.2) is 113 Å². The van der Waals surface area contributed by atoms with E-state index in [1.54, 1.807) is 0 Å². The van der Waals surface area contributed by atoms with E-state index in [2.05, 4.69) is 108 Å². The van der Waals surface area contributed by atoms with E-state index in [-0.39, 0.29) is 24.2 Å². The van der Waals surface area contributed by atoms with E-state index >= 15 is 0 Å². The van der Waals surface area contributed by atoms with Crippen molar-refractivity contribution in [1.29, 1.82) is 0 Å². The zero-order valence-electron chi connectivity index (χ0n) is 18.0. The minimum atomic E-state index is -0.0946. The molecule has 155 valence electrons. The highest BCUT2D eigenvalue weighted by Gasteiger charge is 2.40. The van der Waals surface area contributed by atoms with Gasteiger partial charge in [-0.15, -0.1) is 0 Å². The Kier molecular flexibility index (Phi) is 3.92. The van der Waals surface area contributed by atoms with Gasteiger partial charge >= 0.3 is 0 Å². The van der Waals surface area contributed by atoms with E-state index in [0.717, 1.165) is 11.1 Å². The Morgan fingerprint density at radius 3 is 1.42 bits per heavy atom. The number of dihydropyridines is 1. The third-order valence-electron chi connectivity index (χ3n) is 7.26. The van der Waals surface area contributed by atoms with Crippen molar-refractivity contribution in [3.05, 3.63) is 130 Å². The average Bonchev–Trinajstić information content (AvgIpc) is 3.37. The second kappa shape index (κ2) is 6.98. The molecule has 0 fully saturated rings. The SMILES string of the molecule is O=C1CN=[C]C(C2c3ccccc3-c3ccccc32)=C1C1c2ccccc2-c2ccccc21. The predicted molar refractivity (Wildman–Crippen MR) is 132 cm³/mol. The fourth-order valence-corrected chi connectivity index (χ4v) is 5.96. The maximum atomic E-state index is 13.6. The monoisotopic (exact) mass is 422 g/mol. The first kappa shape index (κ1) is 18.5. The molecule has 0 spiro atoms. The Hall–Kier alpha value is -4.04. The molecule has 1 heterocycles. The van der Waals surface area contributed by atoms with Gasteiger partial charge in [-0.1, -0.05) is 97.1 Å². The van der Waals surface area contributed by atoms with Gasteiger partial charge in [0, 0.05) is 17.4 Å². The van der Waals surface area contributed by atoms with Gasteiger partial charge in [-0.2, -0.15) is 0 Å². The maximum absolute atomic E-state index is 13.6. The third-order valence-corrected chi connectivity index (χ3v) is 7.26. The van der Waals surface area contributed by atoms with Gasteiger partial charge in [-0.25, -0.2) is 0 Å². The van der Waals surface area contributed by atoms with Crippen LogP contribution < -0.4 is 0 Å². The molecular weight excluding hydrogens is 402 g/mol. The number of aliphatic imine (C=N–C) groups is 1. The fourth-order valence-electron chi connectivity index (χ4n) is 5.96. The van der Waals surface area contributed by atoms with Crippen molar-refractivity contribution < 1.29 is 4.79 Å². The number of benzene rings is 4. The first-order chi connectivity index (χ1) is 16.3. The van der Waals surface area contributed by atoms with E-state index in [4.69, 9.17) is 0 Å². The van der Waals surface area contributed by atoms with Crippen molar-refractivity contribution >= 4 is 12.0 Å². The lowest BCUT2D eigenvalue weighted by molar-refractivity contribution is -0.114. The van der Waals surface area contributed by atoms with Gasteiger partial charge in [-0.05, 0) is 50.1 Å². The molecule has 0 saturated carbocycles. The Morgan fingerprint density at radius 2 is 0.970 bits per heavy atom. The number of hydrogen-bond donors (Lipinski definition) is 0. The molecule has 1 aliphatic heterocycles. The number of allylic oxidation sites excluding steroid dienone is 1. The molecule has 0 aromatic heterocycles. The molecule has 3 aliphatic rings. The van der Waals surface area contributed by atoms with Crippen LogP contribution in [-0.4, -0.2) is 18.5 Å². The minimum absolute atomic E-state index is 0.0414. The van der Waals surface area contributed by atoms with Crippen LogP contribution in [0.5, 0.6) is 0 Å². The normalized spacial score (nSPS) is 16.5. The number of hydrogen-bond acceptors (Lipinski definition) is 2. The van der Waals surface area contributed by atoms with Crippen molar-refractivity contribution in [2.45, 2.75) is 11.8 Å². The fraction of sp³-hybridized carbons (Fsp3) is 0.0968. The Balaban J connectivity index is 1.53. The minimum Gasteiger partial charge on any atom is -0.292 e. The van der Waals surface area contributed by atoms with Crippen LogP contribution >= 0.6 is 0 Å². The first-order valence-corrected chi connectivity index (χ1v) is 11.4. The van der Waals surface area contributed by atoms with Crippen LogP contribution in [0.2, 0.25) is 0 Å². The largest absolute Gasteiger partial charge is 0.292 e. The van der Waals surface area contributed by atoms with Crippen LogP contribution in [0.25, 0.3) is 22.3 Å². The van der Waals surface area contributed by atoms with Gasteiger partial charge in [0.05, 0.1) is 6.21 Å². The van der Waals surface area contributed by atoms with Crippen molar-refractivity contribution in [2.24, 2.45) is 4.99 Å². The van der Waals surface area contributed by atoms with Crippen LogP contribution in [0, 0.1) is 0 Å². The lowest BCUT2D eigenvalue weighted by Gasteiger charge is -2.26. The van der Waals surface area contributed by atoms with Crippen LogP contribution in [0.1, 0.15) is 34.1 Å². The summed E-state index contributed by atoms with van der Waals surface area (Å²) in [7, 11) is 0. The summed E-state index contributed by atoms with van der Waals surface area (Å²) in [6.07, 6.45) is 3.35. The Bertz CT molecular complexity index is 1430. The predicted octanol–water partition coefficient (Wildman–Crippen LogP) is 6.44. The zero-order chi connectivity index (χ0) is 21.9. The Labute approximate surface area is 193 Å². The standard InChI is InChI=1S/C31H20NO/c33-28-18-32-17-27(29-23-13-5-1-9-19(23)20-10-2-6-14-24(20)29)31(28)30-25-15-7-3-11-21(25)22-12-4-8-16-26(22)30/h1-16,29-30H,18H2. The molecular formula is C31H20NO. The molecule has 0 N–H and O–H groups in total. The molecule has 0 amide bonds. The highest BCUT2D eigenvalue weighted by atomic mass is 16.1. The van der Waals surface area contributed by atoms with E-state index in [0.29, 0.717) is 0 Å². The molecule has 4 aromatic carbocycles. The summed E-state index contributed by atoms with van der Waals surface area (Å²) >= 11 is 0. The van der Waals surface area contributed by atoms with E-state index in [9.17, 15) is 4.79 Å². The molecule has 0 unspecified atom stereocenters. The second-order valence-electron chi connectivity index (χ2n) is 8.89.